The van der Waals surface area contributed by atoms with Gasteiger partial charge in [0.25, 0.3) is 0 Å². The van der Waals surface area contributed by atoms with Gasteiger partial charge in [0.05, 0.1) is 0 Å². The second kappa shape index (κ2) is 8.14. The lowest BCUT2D eigenvalue weighted by molar-refractivity contribution is 0.329. The van der Waals surface area contributed by atoms with Gasteiger partial charge in [-0.2, -0.15) is 11.3 Å². The third-order valence-corrected chi connectivity index (χ3v) is 3.54. The van der Waals surface area contributed by atoms with Gasteiger partial charge in [0.1, 0.15) is 0 Å². The van der Waals surface area contributed by atoms with Crippen molar-refractivity contribution in [1.82, 2.24) is 4.90 Å². The Morgan fingerprint density at radius 3 is 2.80 bits per heavy atom. The molecule has 1 nitrogen and oxygen atoms in total. The molecule has 3 heteroatoms. The lowest BCUT2D eigenvalue weighted by Crippen LogP contribution is -2.22. The van der Waals surface area contributed by atoms with Gasteiger partial charge in [0, 0.05) is 12.4 Å². The molecular formula is C12H20ClNS. The van der Waals surface area contributed by atoms with Crippen LogP contribution >= 0.6 is 22.9 Å². The minimum Gasteiger partial charge on any atom is -0.306 e. The van der Waals surface area contributed by atoms with Crippen molar-refractivity contribution in [3.05, 3.63) is 22.4 Å². The average Bonchev–Trinajstić information content (AvgIpc) is 2.74. The van der Waals surface area contributed by atoms with E-state index in [-0.39, 0.29) is 0 Å². The molecule has 0 amide bonds. The number of unbranched alkanes of at least 4 members (excludes halogenated alkanes) is 2. The fraction of sp³-hybridized carbons (Fsp3) is 0.667. The van der Waals surface area contributed by atoms with Crippen LogP contribution in [0, 0.1) is 0 Å². The monoisotopic (exact) mass is 245 g/mol. The van der Waals surface area contributed by atoms with E-state index < -0.39 is 0 Å². The number of halogens is 1. The Balaban J connectivity index is 2.01. The Kier molecular flexibility index (Phi) is 7.07. The Morgan fingerprint density at radius 1 is 1.27 bits per heavy atom. The van der Waals surface area contributed by atoms with Crippen molar-refractivity contribution < 1.29 is 0 Å². The Morgan fingerprint density at radius 2 is 2.13 bits per heavy atom. The largest absolute Gasteiger partial charge is 0.306 e. The normalized spacial score (nSPS) is 11.1. The molecule has 0 saturated heterocycles. The van der Waals surface area contributed by atoms with Gasteiger partial charge >= 0.3 is 0 Å². The molecule has 0 fully saturated rings. The average molecular weight is 246 g/mol. The SMILES string of the molecule is CN(CCCCCCl)CCc1ccsc1. The first kappa shape index (κ1) is 13.0. The molecule has 1 aromatic rings. The topological polar surface area (TPSA) is 3.24 Å². The summed E-state index contributed by atoms with van der Waals surface area (Å²) in [5.41, 5.74) is 1.47. The zero-order valence-corrected chi connectivity index (χ0v) is 11.0. The first-order valence-electron chi connectivity index (χ1n) is 5.58. The minimum absolute atomic E-state index is 0.804. The molecule has 0 spiro atoms. The maximum atomic E-state index is 5.63. The summed E-state index contributed by atoms with van der Waals surface area (Å²) < 4.78 is 0. The molecule has 0 saturated carbocycles. The number of nitrogens with zero attached hydrogens (tertiary/aromatic N) is 1. The van der Waals surface area contributed by atoms with Crippen LogP contribution < -0.4 is 0 Å². The molecule has 15 heavy (non-hydrogen) atoms. The van der Waals surface area contributed by atoms with Crippen LogP contribution in [-0.2, 0) is 6.42 Å². The summed E-state index contributed by atoms with van der Waals surface area (Å²) >= 11 is 7.42. The minimum atomic E-state index is 0.804. The van der Waals surface area contributed by atoms with Crippen molar-refractivity contribution in [3.63, 3.8) is 0 Å². The summed E-state index contributed by atoms with van der Waals surface area (Å²) in [6.45, 7) is 2.36. The quantitative estimate of drug-likeness (QED) is 0.499. The smallest absolute Gasteiger partial charge is 0.0223 e. The molecule has 0 radical (unpaired) electrons. The molecule has 0 atom stereocenters. The van der Waals surface area contributed by atoms with Gasteiger partial charge in [-0.1, -0.05) is 6.42 Å². The molecule has 1 aromatic heterocycles. The van der Waals surface area contributed by atoms with E-state index in [2.05, 4.69) is 28.8 Å². The molecular weight excluding hydrogens is 226 g/mol. The summed E-state index contributed by atoms with van der Waals surface area (Å²) in [4.78, 5) is 2.41. The van der Waals surface area contributed by atoms with E-state index in [1.165, 1.54) is 31.4 Å². The second-order valence-electron chi connectivity index (χ2n) is 3.93. The van der Waals surface area contributed by atoms with Crippen molar-refractivity contribution >= 4 is 22.9 Å². The number of hydrogen-bond acceptors (Lipinski definition) is 2. The Labute approximate surface area is 102 Å². The molecule has 0 bridgehead atoms. The standard InChI is InChI=1S/C12H20ClNS/c1-14(8-4-2-3-7-13)9-5-12-6-10-15-11-12/h6,10-11H,2-5,7-9H2,1H3. The van der Waals surface area contributed by atoms with Crippen LogP contribution in [0.25, 0.3) is 0 Å². The van der Waals surface area contributed by atoms with E-state index in [1.54, 1.807) is 11.3 Å². The fourth-order valence-corrected chi connectivity index (χ4v) is 2.41. The van der Waals surface area contributed by atoms with Gasteiger partial charge in [-0.05, 0) is 55.2 Å². The van der Waals surface area contributed by atoms with Crippen LogP contribution in [0.15, 0.2) is 16.8 Å². The van der Waals surface area contributed by atoms with Crippen molar-refractivity contribution in [2.45, 2.75) is 25.7 Å². The maximum Gasteiger partial charge on any atom is 0.0223 e. The zero-order valence-electron chi connectivity index (χ0n) is 9.42. The van der Waals surface area contributed by atoms with Crippen molar-refractivity contribution in [3.8, 4) is 0 Å². The zero-order chi connectivity index (χ0) is 10.9. The third-order valence-electron chi connectivity index (χ3n) is 2.54. The number of thiophene rings is 1. The number of likely N-dealkylation sites (N-methyl/N-ethyl adjacent to an activating group) is 1. The third kappa shape index (κ3) is 6.18. The lowest BCUT2D eigenvalue weighted by Gasteiger charge is -2.15. The Hall–Kier alpha value is -0.0500. The number of alkyl halides is 1. The lowest BCUT2D eigenvalue weighted by atomic mass is 10.2. The van der Waals surface area contributed by atoms with Crippen LogP contribution in [-0.4, -0.2) is 30.9 Å². The van der Waals surface area contributed by atoms with E-state index in [1.807, 2.05) is 0 Å². The summed E-state index contributed by atoms with van der Waals surface area (Å²) in [5, 5.41) is 4.39. The molecule has 86 valence electrons. The van der Waals surface area contributed by atoms with E-state index in [0.29, 0.717) is 0 Å². The second-order valence-corrected chi connectivity index (χ2v) is 5.09. The van der Waals surface area contributed by atoms with Crippen LogP contribution in [0.3, 0.4) is 0 Å². The molecule has 0 unspecified atom stereocenters. The van der Waals surface area contributed by atoms with Gasteiger partial charge in [0.2, 0.25) is 0 Å². The van der Waals surface area contributed by atoms with Gasteiger partial charge in [-0.25, -0.2) is 0 Å². The molecule has 0 aliphatic rings. The predicted octanol–water partition coefficient (Wildman–Crippen LogP) is 3.63. The highest BCUT2D eigenvalue weighted by Gasteiger charge is 1.99. The van der Waals surface area contributed by atoms with Gasteiger partial charge in [-0.15, -0.1) is 11.6 Å². The van der Waals surface area contributed by atoms with Crippen molar-refractivity contribution in [2.24, 2.45) is 0 Å². The molecule has 0 N–H and O–H groups in total. The first-order valence-corrected chi connectivity index (χ1v) is 7.06. The van der Waals surface area contributed by atoms with Gasteiger partial charge in [0.15, 0.2) is 0 Å². The highest BCUT2D eigenvalue weighted by molar-refractivity contribution is 7.07. The van der Waals surface area contributed by atoms with Crippen LogP contribution in [0.1, 0.15) is 24.8 Å². The summed E-state index contributed by atoms with van der Waals surface area (Å²) in [6, 6.07) is 2.21. The maximum absolute atomic E-state index is 5.63. The first-order chi connectivity index (χ1) is 7.33. The Bertz CT molecular complexity index is 236. The summed E-state index contributed by atoms with van der Waals surface area (Å²) in [7, 11) is 2.20. The molecule has 0 aromatic carbocycles. The molecule has 1 rings (SSSR count). The van der Waals surface area contributed by atoms with E-state index in [0.717, 1.165) is 18.8 Å². The van der Waals surface area contributed by atoms with Crippen LogP contribution in [0.4, 0.5) is 0 Å². The van der Waals surface area contributed by atoms with E-state index >= 15 is 0 Å². The van der Waals surface area contributed by atoms with E-state index in [4.69, 9.17) is 11.6 Å². The molecule has 0 aliphatic carbocycles. The number of rotatable bonds is 8. The van der Waals surface area contributed by atoms with Gasteiger partial charge < -0.3 is 4.90 Å². The highest BCUT2D eigenvalue weighted by Crippen LogP contribution is 2.07. The van der Waals surface area contributed by atoms with Crippen molar-refractivity contribution in [2.75, 3.05) is 26.0 Å². The predicted molar refractivity (Wildman–Crippen MR) is 70.1 cm³/mol. The van der Waals surface area contributed by atoms with Crippen molar-refractivity contribution in [1.29, 1.82) is 0 Å². The fourth-order valence-electron chi connectivity index (χ4n) is 1.52. The van der Waals surface area contributed by atoms with Crippen LogP contribution in [0.5, 0.6) is 0 Å². The van der Waals surface area contributed by atoms with E-state index in [9.17, 15) is 0 Å². The molecule has 1 heterocycles. The highest BCUT2D eigenvalue weighted by atomic mass is 35.5. The van der Waals surface area contributed by atoms with Gasteiger partial charge in [-0.3, -0.25) is 0 Å². The summed E-state index contributed by atoms with van der Waals surface area (Å²) in [6.07, 6.45) is 4.86. The number of hydrogen-bond donors (Lipinski definition) is 0. The summed E-state index contributed by atoms with van der Waals surface area (Å²) in [5.74, 6) is 0.804. The molecule has 0 aliphatic heterocycles. The van der Waals surface area contributed by atoms with Crippen LogP contribution in [0.2, 0.25) is 0 Å².